The summed E-state index contributed by atoms with van der Waals surface area (Å²) >= 11 is 6.14. The molecule has 0 fully saturated rings. The van der Waals surface area contributed by atoms with Crippen LogP contribution in [-0.4, -0.2) is 18.1 Å². The number of methoxy groups -OCH3 is 1. The molecule has 1 aromatic heterocycles. The summed E-state index contributed by atoms with van der Waals surface area (Å²) in [6, 6.07) is 5.35. The number of carbonyl (C=O) groups excluding carboxylic acids is 1. The Morgan fingerprint density at radius 2 is 2.06 bits per heavy atom. The van der Waals surface area contributed by atoms with Gasteiger partial charge in [0.25, 0.3) is 0 Å². The zero-order chi connectivity index (χ0) is 12.6. The smallest absolute Gasteiger partial charge is 0.338 e. The molecule has 0 saturated heterocycles. The van der Waals surface area contributed by atoms with Crippen LogP contribution in [0.1, 0.15) is 21.6 Å². The average molecular weight is 250 g/mol. The second-order valence-electron chi connectivity index (χ2n) is 3.89. The molecule has 1 aromatic carbocycles. The van der Waals surface area contributed by atoms with Crippen molar-refractivity contribution in [2.24, 2.45) is 0 Å². The van der Waals surface area contributed by atoms with Crippen molar-refractivity contribution in [3.05, 3.63) is 40.0 Å². The van der Waals surface area contributed by atoms with E-state index in [1.165, 1.54) is 7.11 Å². The molecule has 0 aliphatic rings. The number of aromatic nitrogens is 1. The SMILES string of the molecule is COC(=O)c1cc(C)nc2c(C)ccc(Cl)c12. The molecular weight excluding hydrogens is 238 g/mol. The van der Waals surface area contributed by atoms with Crippen molar-refractivity contribution in [1.29, 1.82) is 0 Å². The first kappa shape index (κ1) is 11.9. The Balaban J connectivity index is 2.92. The van der Waals surface area contributed by atoms with Gasteiger partial charge in [-0.3, -0.25) is 4.98 Å². The van der Waals surface area contributed by atoms with Crippen molar-refractivity contribution in [1.82, 2.24) is 4.98 Å². The summed E-state index contributed by atoms with van der Waals surface area (Å²) in [7, 11) is 1.35. The van der Waals surface area contributed by atoms with Crippen molar-refractivity contribution in [2.75, 3.05) is 7.11 Å². The number of pyridine rings is 1. The van der Waals surface area contributed by atoms with Gasteiger partial charge < -0.3 is 4.74 Å². The molecule has 0 atom stereocenters. The number of esters is 1. The molecule has 0 aliphatic carbocycles. The van der Waals surface area contributed by atoms with E-state index in [-0.39, 0.29) is 0 Å². The third-order valence-electron chi connectivity index (χ3n) is 2.64. The summed E-state index contributed by atoms with van der Waals surface area (Å²) in [5.41, 5.74) is 2.96. The molecular formula is C13H12ClNO2. The molecule has 17 heavy (non-hydrogen) atoms. The van der Waals surface area contributed by atoms with Crippen molar-refractivity contribution in [2.45, 2.75) is 13.8 Å². The fourth-order valence-corrected chi connectivity index (χ4v) is 2.09. The first-order valence-corrected chi connectivity index (χ1v) is 5.57. The normalized spacial score (nSPS) is 10.6. The second kappa shape index (κ2) is 4.34. The van der Waals surface area contributed by atoms with Gasteiger partial charge in [-0.1, -0.05) is 17.7 Å². The molecule has 0 spiro atoms. The number of carbonyl (C=O) groups is 1. The van der Waals surface area contributed by atoms with Crippen molar-refractivity contribution in [3.8, 4) is 0 Å². The van der Waals surface area contributed by atoms with Crippen LogP contribution in [0, 0.1) is 13.8 Å². The third kappa shape index (κ3) is 1.98. The fraction of sp³-hybridized carbons (Fsp3) is 0.231. The standard InChI is InChI=1S/C13H12ClNO2/c1-7-4-5-10(14)11-9(13(16)17-3)6-8(2)15-12(7)11/h4-6H,1-3H3. The van der Waals surface area contributed by atoms with Crippen LogP contribution in [0.3, 0.4) is 0 Å². The largest absolute Gasteiger partial charge is 0.465 e. The first-order valence-electron chi connectivity index (χ1n) is 5.19. The highest BCUT2D eigenvalue weighted by atomic mass is 35.5. The number of rotatable bonds is 1. The molecule has 2 aromatic rings. The van der Waals surface area contributed by atoms with E-state index < -0.39 is 5.97 Å². The van der Waals surface area contributed by atoms with E-state index in [9.17, 15) is 4.79 Å². The van der Waals surface area contributed by atoms with Gasteiger partial charge in [0, 0.05) is 11.1 Å². The van der Waals surface area contributed by atoms with Gasteiger partial charge in [-0.15, -0.1) is 0 Å². The van der Waals surface area contributed by atoms with Gasteiger partial charge in [0.05, 0.1) is 23.2 Å². The van der Waals surface area contributed by atoms with Crippen molar-refractivity contribution in [3.63, 3.8) is 0 Å². The van der Waals surface area contributed by atoms with E-state index in [0.29, 0.717) is 16.0 Å². The lowest BCUT2D eigenvalue weighted by molar-refractivity contribution is 0.0603. The van der Waals surface area contributed by atoms with E-state index >= 15 is 0 Å². The number of aryl methyl sites for hydroxylation is 2. The topological polar surface area (TPSA) is 39.2 Å². The minimum atomic E-state index is -0.395. The number of fused-ring (bicyclic) bond motifs is 1. The number of hydrogen-bond donors (Lipinski definition) is 0. The van der Waals surface area contributed by atoms with Gasteiger partial charge in [0.15, 0.2) is 0 Å². The summed E-state index contributed by atoms with van der Waals surface area (Å²) < 4.78 is 4.77. The van der Waals surface area contributed by atoms with Gasteiger partial charge in [0.2, 0.25) is 0 Å². The predicted octanol–water partition coefficient (Wildman–Crippen LogP) is 3.29. The quantitative estimate of drug-likeness (QED) is 0.728. The lowest BCUT2D eigenvalue weighted by Gasteiger charge is -2.09. The number of ether oxygens (including phenoxy) is 1. The number of hydrogen-bond acceptors (Lipinski definition) is 3. The number of benzene rings is 1. The maximum Gasteiger partial charge on any atom is 0.338 e. The fourth-order valence-electron chi connectivity index (χ4n) is 1.83. The highest BCUT2D eigenvalue weighted by Crippen LogP contribution is 2.29. The summed E-state index contributed by atoms with van der Waals surface area (Å²) in [4.78, 5) is 16.2. The van der Waals surface area contributed by atoms with Gasteiger partial charge in [0.1, 0.15) is 0 Å². The zero-order valence-electron chi connectivity index (χ0n) is 9.87. The molecule has 88 valence electrons. The predicted molar refractivity (Wildman–Crippen MR) is 67.6 cm³/mol. The van der Waals surface area contributed by atoms with Crippen LogP contribution in [0.25, 0.3) is 10.9 Å². The maximum atomic E-state index is 11.7. The van der Waals surface area contributed by atoms with Crippen LogP contribution in [-0.2, 0) is 4.74 Å². The minimum absolute atomic E-state index is 0.395. The first-order chi connectivity index (χ1) is 8.04. The van der Waals surface area contributed by atoms with Crippen LogP contribution in [0.4, 0.5) is 0 Å². The summed E-state index contributed by atoms with van der Waals surface area (Å²) in [5, 5.41) is 1.17. The Hall–Kier alpha value is -1.61. The van der Waals surface area contributed by atoms with Crippen molar-refractivity contribution < 1.29 is 9.53 Å². The Bertz CT molecular complexity index is 608. The monoisotopic (exact) mass is 249 g/mol. The molecule has 0 aliphatic heterocycles. The number of nitrogens with zero attached hydrogens (tertiary/aromatic N) is 1. The van der Waals surface area contributed by atoms with Crippen LogP contribution in [0.5, 0.6) is 0 Å². The lowest BCUT2D eigenvalue weighted by atomic mass is 10.0. The highest BCUT2D eigenvalue weighted by Gasteiger charge is 2.15. The highest BCUT2D eigenvalue weighted by molar-refractivity contribution is 6.36. The van der Waals surface area contributed by atoms with Crippen LogP contribution in [0.15, 0.2) is 18.2 Å². The second-order valence-corrected chi connectivity index (χ2v) is 4.30. The molecule has 2 rings (SSSR count). The van der Waals surface area contributed by atoms with E-state index in [2.05, 4.69) is 4.98 Å². The van der Waals surface area contributed by atoms with Crippen LogP contribution < -0.4 is 0 Å². The van der Waals surface area contributed by atoms with Gasteiger partial charge in [-0.25, -0.2) is 4.79 Å². The Morgan fingerprint density at radius 3 is 2.71 bits per heavy atom. The number of halogens is 1. The van der Waals surface area contributed by atoms with E-state index in [1.807, 2.05) is 19.9 Å². The van der Waals surface area contributed by atoms with Crippen molar-refractivity contribution >= 4 is 28.5 Å². The molecule has 3 nitrogen and oxygen atoms in total. The van der Waals surface area contributed by atoms with Gasteiger partial charge >= 0.3 is 5.97 Å². The average Bonchev–Trinajstić information content (AvgIpc) is 2.32. The minimum Gasteiger partial charge on any atom is -0.465 e. The van der Waals surface area contributed by atoms with Gasteiger partial charge in [-0.05, 0) is 31.5 Å². The lowest BCUT2D eigenvalue weighted by Crippen LogP contribution is -2.04. The van der Waals surface area contributed by atoms with Crippen LogP contribution >= 0.6 is 11.6 Å². The summed E-state index contributed by atoms with van der Waals surface area (Å²) in [5.74, 6) is -0.395. The van der Waals surface area contributed by atoms with E-state index in [1.54, 1.807) is 12.1 Å². The van der Waals surface area contributed by atoms with Gasteiger partial charge in [-0.2, -0.15) is 0 Å². The molecule has 1 heterocycles. The molecule has 0 amide bonds. The molecule has 0 saturated carbocycles. The Morgan fingerprint density at radius 1 is 1.35 bits per heavy atom. The van der Waals surface area contributed by atoms with Crippen LogP contribution in [0.2, 0.25) is 5.02 Å². The molecule has 0 N–H and O–H groups in total. The van der Waals surface area contributed by atoms with E-state index in [4.69, 9.17) is 16.3 Å². The zero-order valence-corrected chi connectivity index (χ0v) is 10.6. The third-order valence-corrected chi connectivity index (χ3v) is 2.96. The van der Waals surface area contributed by atoms with E-state index in [0.717, 1.165) is 16.8 Å². The Labute approximate surface area is 104 Å². The summed E-state index contributed by atoms with van der Waals surface area (Å²) in [6.07, 6.45) is 0. The molecule has 0 radical (unpaired) electrons. The molecule has 0 unspecified atom stereocenters. The molecule has 4 heteroatoms. The summed E-state index contributed by atoms with van der Waals surface area (Å²) in [6.45, 7) is 3.78. The maximum absolute atomic E-state index is 11.7. The molecule has 0 bridgehead atoms. The Kier molecular flexibility index (Phi) is 3.03.